The Hall–Kier alpha value is -1.40. The second kappa shape index (κ2) is 3.82. The summed E-state index contributed by atoms with van der Waals surface area (Å²) in [6.07, 6.45) is 1.29. The fourth-order valence-corrected chi connectivity index (χ4v) is 2.80. The van der Waals surface area contributed by atoms with E-state index >= 15 is 0 Å². The number of benzene rings is 1. The number of fused-ring (bicyclic) bond motifs is 1. The Labute approximate surface area is 99.6 Å². The van der Waals surface area contributed by atoms with E-state index in [0.29, 0.717) is 11.1 Å². The van der Waals surface area contributed by atoms with E-state index in [0.717, 1.165) is 0 Å². The van der Waals surface area contributed by atoms with E-state index < -0.39 is 14.6 Å². The van der Waals surface area contributed by atoms with Crippen LogP contribution in [0.5, 0.6) is 0 Å². The van der Waals surface area contributed by atoms with E-state index in [-0.39, 0.29) is 11.4 Å². The van der Waals surface area contributed by atoms with Crippen molar-refractivity contribution >= 4 is 20.9 Å². The van der Waals surface area contributed by atoms with Gasteiger partial charge in [-0.05, 0) is 26.0 Å². The molecule has 2 rings (SSSR count). The molecule has 0 aliphatic rings. The van der Waals surface area contributed by atoms with Gasteiger partial charge in [-0.2, -0.15) is 0 Å². The number of sulfone groups is 1. The van der Waals surface area contributed by atoms with Crippen LogP contribution in [0.15, 0.2) is 33.9 Å². The molecule has 6 heteroatoms. The van der Waals surface area contributed by atoms with Crippen molar-refractivity contribution in [1.29, 1.82) is 0 Å². The summed E-state index contributed by atoms with van der Waals surface area (Å²) in [5.74, 6) is 0. The summed E-state index contributed by atoms with van der Waals surface area (Å²) >= 11 is 0. The topological polar surface area (TPSA) is 86.2 Å². The van der Waals surface area contributed by atoms with Crippen molar-refractivity contribution in [3.63, 3.8) is 0 Å². The molecule has 0 saturated carbocycles. The largest absolute Gasteiger partial charge is 0.443 e. The lowest BCUT2D eigenvalue weighted by Gasteiger charge is -2.22. The maximum atomic E-state index is 12.3. The summed E-state index contributed by atoms with van der Waals surface area (Å²) in [5, 5.41) is 0. The van der Waals surface area contributed by atoms with Crippen molar-refractivity contribution in [2.75, 3.05) is 6.54 Å². The molecule has 5 nitrogen and oxygen atoms in total. The molecule has 0 aliphatic carbocycles. The molecule has 17 heavy (non-hydrogen) atoms. The number of hydrogen-bond donors (Lipinski definition) is 1. The minimum atomic E-state index is -3.47. The smallest absolute Gasteiger partial charge is 0.184 e. The monoisotopic (exact) mass is 254 g/mol. The summed E-state index contributed by atoms with van der Waals surface area (Å²) in [6, 6.07) is 4.63. The molecular formula is C11H14N2O3S. The molecule has 0 saturated heterocycles. The Morgan fingerprint density at radius 1 is 1.41 bits per heavy atom. The van der Waals surface area contributed by atoms with Gasteiger partial charge in [-0.25, -0.2) is 13.4 Å². The van der Waals surface area contributed by atoms with Gasteiger partial charge in [0.1, 0.15) is 5.52 Å². The van der Waals surface area contributed by atoms with E-state index in [9.17, 15) is 8.42 Å². The van der Waals surface area contributed by atoms with Crippen molar-refractivity contribution in [1.82, 2.24) is 4.98 Å². The number of nitrogens with zero attached hydrogens (tertiary/aromatic N) is 1. The minimum absolute atomic E-state index is 0.0593. The Kier molecular flexibility index (Phi) is 2.71. The average molecular weight is 254 g/mol. The van der Waals surface area contributed by atoms with E-state index in [4.69, 9.17) is 10.2 Å². The summed E-state index contributed by atoms with van der Waals surface area (Å²) in [5.41, 5.74) is 6.60. The van der Waals surface area contributed by atoms with E-state index in [2.05, 4.69) is 4.98 Å². The molecule has 0 spiro atoms. The molecule has 1 heterocycles. The predicted octanol–water partition coefficient (Wildman–Crippen LogP) is 1.34. The lowest BCUT2D eigenvalue weighted by Crippen LogP contribution is -2.39. The van der Waals surface area contributed by atoms with Crippen LogP contribution in [0.25, 0.3) is 11.1 Å². The molecule has 0 radical (unpaired) electrons. The van der Waals surface area contributed by atoms with Gasteiger partial charge in [0.15, 0.2) is 21.8 Å². The van der Waals surface area contributed by atoms with Gasteiger partial charge >= 0.3 is 0 Å². The number of aromatic nitrogens is 1. The van der Waals surface area contributed by atoms with Crippen molar-refractivity contribution < 1.29 is 12.8 Å². The Morgan fingerprint density at radius 2 is 2.12 bits per heavy atom. The van der Waals surface area contributed by atoms with Gasteiger partial charge in [0, 0.05) is 12.6 Å². The minimum Gasteiger partial charge on any atom is -0.443 e. The fraction of sp³-hybridized carbons (Fsp3) is 0.364. The molecule has 0 aliphatic heterocycles. The molecule has 0 bridgehead atoms. The maximum absolute atomic E-state index is 12.3. The SMILES string of the molecule is CC(C)(CN)S(=O)(=O)c1ccc2ncoc2c1. The zero-order valence-electron chi connectivity index (χ0n) is 9.67. The summed E-state index contributed by atoms with van der Waals surface area (Å²) < 4.78 is 28.7. The standard InChI is InChI=1S/C11H14N2O3S/c1-11(2,6-12)17(14,15)8-3-4-9-10(5-8)16-7-13-9/h3-5,7H,6,12H2,1-2H3. The van der Waals surface area contributed by atoms with Crippen molar-refractivity contribution in [3.8, 4) is 0 Å². The number of oxazole rings is 1. The predicted molar refractivity (Wildman–Crippen MR) is 64.3 cm³/mol. The maximum Gasteiger partial charge on any atom is 0.184 e. The fourth-order valence-electron chi connectivity index (χ4n) is 1.43. The van der Waals surface area contributed by atoms with Gasteiger partial charge in [-0.1, -0.05) is 0 Å². The first-order valence-electron chi connectivity index (χ1n) is 5.16. The van der Waals surface area contributed by atoms with Crippen LogP contribution in [0.4, 0.5) is 0 Å². The summed E-state index contributed by atoms with van der Waals surface area (Å²) in [6.45, 7) is 3.27. The molecule has 2 aromatic rings. The number of hydrogen-bond acceptors (Lipinski definition) is 5. The van der Waals surface area contributed by atoms with Crippen LogP contribution in [0, 0.1) is 0 Å². The zero-order chi connectivity index (χ0) is 12.7. The van der Waals surface area contributed by atoms with Crippen LogP contribution in [0.2, 0.25) is 0 Å². The quantitative estimate of drug-likeness (QED) is 0.893. The highest BCUT2D eigenvalue weighted by Crippen LogP contribution is 2.26. The summed E-state index contributed by atoms with van der Waals surface area (Å²) in [7, 11) is -3.47. The summed E-state index contributed by atoms with van der Waals surface area (Å²) in [4.78, 5) is 4.14. The van der Waals surface area contributed by atoms with Gasteiger partial charge in [0.05, 0.1) is 9.64 Å². The molecule has 1 aromatic carbocycles. The first-order valence-corrected chi connectivity index (χ1v) is 6.65. The molecule has 1 aromatic heterocycles. The first kappa shape index (κ1) is 12.1. The van der Waals surface area contributed by atoms with Gasteiger partial charge < -0.3 is 10.2 Å². The molecule has 0 fully saturated rings. The van der Waals surface area contributed by atoms with Crippen molar-refractivity contribution in [2.45, 2.75) is 23.5 Å². The second-order valence-electron chi connectivity index (χ2n) is 4.45. The molecule has 0 atom stereocenters. The van der Waals surface area contributed by atoms with Crippen LogP contribution >= 0.6 is 0 Å². The van der Waals surface area contributed by atoms with Crippen LogP contribution in [0.3, 0.4) is 0 Å². The molecular weight excluding hydrogens is 240 g/mol. The van der Waals surface area contributed by atoms with Gasteiger partial charge in [0.25, 0.3) is 0 Å². The molecule has 92 valence electrons. The van der Waals surface area contributed by atoms with E-state index in [1.54, 1.807) is 19.9 Å². The lowest BCUT2D eigenvalue weighted by molar-refractivity contribution is 0.548. The Balaban J connectivity index is 2.60. The van der Waals surface area contributed by atoms with Gasteiger partial charge in [0.2, 0.25) is 0 Å². The average Bonchev–Trinajstić information content (AvgIpc) is 2.75. The highest BCUT2D eigenvalue weighted by atomic mass is 32.2. The third kappa shape index (κ3) is 1.83. The van der Waals surface area contributed by atoms with Gasteiger partial charge in [-0.3, -0.25) is 0 Å². The molecule has 0 unspecified atom stereocenters. The van der Waals surface area contributed by atoms with Crippen LogP contribution in [0.1, 0.15) is 13.8 Å². The normalized spacial score (nSPS) is 13.1. The van der Waals surface area contributed by atoms with E-state index in [1.165, 1.54) is 18.5 Å². The van der Waals surface area contributed by atoms with Crippen molar-refractivity contribution in [2.24, 2.45) is 5.73 Å². The highest BCUT2D eigenvalue weighted by molar-refractivity contribution is 7.92. The van der Waals surface area contributed by atoms with Crippen LogP contribution < -0.4 is 5.73 Å². The van der Waals surface area contributed by atoms with Crippen LogP contribution in [-0.2, 0) is 9.84 Å². The van der Waals surface area contributed by atoms with Crippen molar-refractivity contribution in [3.05, 3.63) is 24.6 Å². The first-order chi connectivity index (χ1) is 7.88. The molecule has 0 amide bonds. The highest BCUT2D eigenvalue weighted by Gasteiger charge is 2.34. The number of rotatable bonds is 3. The third-order valence-electron chi connectivity index (χ3n) is 2.83. The Bertz CT molecular complexity index is 644. The zero-order valence-corrected chi connectivity index (χ0v) is 10.5. The lowest BCUT2D eigenvalue weighted by atomic mass is 10.2. The second-order valence-corrected chi connectivity index (χ2v) is 7.03. The van der Waals surface area contributed by atoms with Gasteiger partial charge in [-0.15, -0.1) is 0 Å². The number of nitrogens with two attached hydrogens (primary N) is 1. The third-order valence-corrected chi connectivity index (χ3v) is 5.33. The Morgan fingerprint density at radius 3 is 2.76 bits per heavy atom. The molecule has 2 N–H and O–H groups in total. The van der Waals surface area contributed by atoms with Crippen LogP contribution in [-0.4, -0.2) is 24.7 Å². The van der Waals surface area contributed by atoms with E-state index in [1.807, 2.05) is 0 Å².